The highest BCUT2D eigenvalue weighted by Gasteiger charge is 2.31. The first-order chi connectivity index (χ1) is 14.2. The fourth-order valence-corrected chi connectivity index (χ4v) is 4.30. The molecule has 160 valence electrons. The van der Waals surface area contributed by atoms with Crippen LogP contribution in [0.2, 0.25) is 5.02 Å². The summed E-state index contributed by atoms with van der Waals surface area (Å²) in [4.78, 5) is 29.4. The van der Waals surface area contributed by atoms with E-state index < -0.39 is 17.6 Å². The molecule has 0 aliphatic rings. The second kappa shape index (κ2) is 9.38. The van der Waals surface area contributed by atoms with Gasteiger partial charge in [-0.15, -0.1) is 11.3 Å². The Bertz CT molecular complexity index is 1130. The van der Waals surface area contributed by atoms with E-state index in [4.69, 9.17) is 16.3 Å². The number of halogens is 4. The minimum Gasteiger partial charge on any atom is -0.383 e. The lowest BCUT2D eigenvalue weighted by Gasteiger charge is -2.13. The molecule has 6 nitrogen and oxygen atoms in total. The fourth-order valence-electron chi connectivity index (χ4n) is 2.53. The molecule has 0 atom stereocenters. The zero-order valence-corrected chi connectivity index (χ0v) is 17.8. The SMILES string of the molecule is COCCn1c(SCC(=O)Nc2cc(C(F)(F)F)ccc2Cl)nc2ccsc2c1=O. The summed E-state index contributed by atoms with van der Waals surface area (Å²) >= 11 is 8.17. The van der Waals surface area contributed by atoms with E-state index >= 15 is 0 Å². The van der Waals surface area contributed by atoms with Crippen molar-refractivity contribution in [3.63, 3.8) is 0 Å². The van der Waals surface area contributed by atoms with Crippen molar-refractivity contribution >= 4 is 56.5 Å². The molecule has 0 bridgehead atoms. The van der Waals surface area contributed by atoms with E-state index in [2.05, 4.69) is 10.3 Å². The molecule has 2 heterocycles. The second-order valence-electron chi connectivity index (χ2n) is 6.01. The number of thioether (sulfide) groups is 1. The minimum atomic E-state index is -4.56. The van der Waals surface area contributed by atoms with E-state index in [0.29, 0.717) is 15.4 Å². The number of alkyl halides is 3. The molecule has 0 radical (unpaired) electrons. The van der Waals surface area contributed by atoms with Gasteiger partial charge in [0.2, 0.25) is 5.91 Å². The third-order valence-corrected chi connectivity index (χ3v) is 6.15. The van der Waals surface area contributed by atoms with Gasteiger partial charge in [0.05, 0.1) is 40.7 Å². The number of nitrogens with zero attached hydrogens (tertiary/aromatic N) is 2. The monoisotopic (exact) mass is 477 g/mol. The van der Waals surface area contributed by atoms with Gasteiger partial charge in [-0.2, -0.15) is 13.2 Å². The van der Waals surface area contributed by atoms with Crippen molar-refractivity contribution in [3.05, 3.63) is 50.6 Å². The highest BCUT2D eigenvalue weighted by Crippen LogP contribution is 2.34. The van der Waals surface area contributed by atoms with Crippen LogP contribution in [0.15, 0.2) is 39.6 Å². The molecule has 0 saturated heterocycles. The lowest BCUT2D eigenvalue weighted by molar-refractivity contribution is -0.137. The summed E-state index contributed by atoms with van der Waals surface area (Å²) in [5, 5.41) is 4.42. The number of methoxy groups -OCH3 is 1. The maximum atomic E-state index is 12.9. The average molecular weight is 478 g/mol. The number of benzene rings is 1. The predicted octanol–water partition coefficient (Wildman–Crippen LogP) is 4.51. The number of nitrogens with one attached hydrogen (secondary N) is 1. The molecule has 0 unspecified atom stereocenters. The fraction of sp³-hybridized carbons (Fsp3) is 0.278. The Kier molecular flexibility index (Phi) is 7.06. The summed E-state index contributed by atoms with van der Waals surface area (Å²) in [7, 11) is 1.50. The number of anilines is 1. The molecule has 0 fully saturated rings. The number of fused-ring (bicyclic) bond motifs is 1. The first kappa shape index (κ1) is 22.6. The van der Waals surface area contributed by atoms with E-state index in [-0.39, 0.29) is 35.2 Å². The molecule has 0 aliphatic carbocycles. The van der Waals surface area contributed by atoms with Crippen LogP contribution < -0.4 is 10.9 Å². The van der Waals surface area contributed by atoms with Crippen LogP contribution in [0.25, 0.3) is 10.2 Å². The number of ether oxygens (including phenoxy) is 1. The van der Waals surface area contributed by atoms with Crippen LogP contribution >= 0.6 is 34.7 Å². The lowest BCUT2D eigenvalue weighted by Crippen LogP contribution is -2.25. The highest BCUT2D eigenvalue weighted by atomic mass is 35.5. The largest absolute Gasteiger partial charge is 0.416 e. The molecule has 3 aromatic rings. The van der Waals surface area contributed by atoms with E-state index in [9.17, 15) is 22.8 Å². The highest BCUT2D eigenvalue weighted by molar-refractivity contribution is 7.99. The molecule has 3 rings (SSSR count). The molecule has 12 heteroatoms. The summed E-state index contributed by atoms with van der Waals surface area (Å²) in [5.74, 6) is -0.763. The Hall–Kier alpha value is -2.08. The molecule has 1 aromatic carbocycles. The van der Waals surface area contributed by atoms with Gasteiger partial charge in [-0.05, 0) is 29.6 Å². The maximum absolute atomic E-state index is 12.9. The number of thiophene rings is 1. The predicted molar refractivity (Wildman–Crippen MR) is 112 cm³/mol. The van der Waals surface area contributed by atoms with E-state index in [1.165, 1.54) is 23.0 Å². The molecule has 0 saturated carbocycles. The first-order valence-corrected chi connectivity index (χ1v) is 10.7. The topological polar surface area (TPSA) is 73.2 Å². The summed E-state index contributed by atoms with van der Waals surface area (Å²) in [5.41, 5.74) is -0.790. The Balaban J connectivity index is 1.78. The van der Waals surface area contributed by atoms with Gasteiger partial charge in [0.15, 0.2) is 5.16 Å². The van der Waals surface area contributed by atoms with Crippen molar-refractivity contribution in [2.24, 2.45) is 0 Å². The Morgan fingerprint density at radius 2 is 2.13 bits per heavy atom. The summed E-state index contributed by atoms with van der Waals surface area (Å²) in [6, 6.07) is 4.38. The van der Waals surface area contributed by atoms with Gasteiger partial charge in [-0.3, -0.25) is 14.2 Å². The van der Waals surface area contributed by atoms with Crippen molar-refractivity contribution in [2.45, 2.75) is 17.9 Å². The van der Waals surface area contributed by atoms with Crippen LogP contribution in [-0.4, -0.2) is 34.9 Å². The van der Waals surface area contributed by atoms with Gasteiger partial charge >= 0.3 is 6.18 Å². The molecular formula is C18H15ClF3N3O3S2. The summed E-state index contributed by atoms with van der Waals surface area (Å²) < 4.78 is 45.6. The minimum absolute atomic E-state index is 0.0174. The molecule has 0 spiro atoms. The molecule has 2 aromatic heterocycles. The van der Waals surface area contributed by atoms with Crippen molar-refractivity contribution in [3.8, 4) is 0 Å². The Morgan fingerprint density at radius 3 is 2.83 bits per heavy atom. The van der Waals surface area contributed by atoms with Crippen LogP contribution in [-0.2, 0) is 22.3 Å². The van der Waals surface area contributed by atoms with Gasteiger partial charge in [-0.1, -0.05) is 23.4 Å². The van der Waals surface area contributed by atoms with E-state index in [1.54, 1.807) is 11.4 Å². The van der Waals surface area contributed by atoms with Crippen LogP contribution in [0.4, 0.5) is 18.9 Å². The molecular weight excluding hydrogens is 463 g/mol. The van der Waals surface area contributed by atoms with Crippen molar-refractivity contribution in [1.82, 2.24) is 9.55 Å². The quantitative estimate of drug-likeness (QED) is 0.400. The van der Waals surface area contributed by atoms with Crippen LogP contribution in [0, 0.1) is 0 Å². The van der Waals surface area contributed by atoms with Gasteiger partial charge in [0.25, 0.3) is 5.56 Å². The smallest absolute Gasteiger partial charge is 0.383 e. The van der Waals surface area contributed by atoms with Gasteiger partial charge in [0, 0.05) is 7.11 Å². The summed E-state index contributed by atoms with van der Waals surface area (Å²) in [6.07, 6.45) is -4.56. The van der Waals surface area contributed by atoms with Crippen LogP contribution in [0.1, 0.15) is 5.56 Å². The Morgan fingerprint density at radius 1 is 1.37 bits per heavy atom. The number of rotatable bonds is 7. The molecule has 30 heavy (non-hydrogen) atoms. The van der Waals surface area contributed by atoms with Gasteiger partial charge in [0.1, 0.15) is 4.70 Å². The first-order valence-electron chi connectivity index (χ1n) is 8.47. The molecule has 0 aliphatic heterocycles. The van der Waals surface area contributed by atoms with E-state index in [1.807, 2.05) is 0 Å². The number of amides is 1. The van der Waals surface area contributed by atoms with Crippen molar-refractivity contribution in [2.75, 3.05) is 24.8 Å². The van der Waals surface area contributed by atoms with Crippen molar-refractivity contribution < 1.29 is 22.7 Å². The zero-order valence-electron chi connectivity index (χ0n) is 15.5. The maximum Gasteiger partial charge on any atom is 0.416 e. The van der Waals surface area contributed by atoms with Crippen LogP contribution in [0.3, 0.4) is 0 Å². The number of hydrogen-bond donors (Lipinski definition) is 1. The molecule has 1 amide bonds. The van der Waals surface area contributed by atoms with Gasteiger partial charge in [-0.25, -0.2) is 4.98 Å². The summed E-state index contributed by atoms with van der Waals surface area (Å²) in [6.45, 7) is 0.525. The average Bonchev–Trinajstić information content (AvgIpc) is 3.15. The number of hydrogen-bond acceptors (Lipinski definition) is 6. The third kappa shape index (κ3) is 5.15. The number of carbonyl (C=O) groups is 1. The van der Waals surface area contributed by atoms with Crippen molar-refractivity contribution in [1.29, 1.82) is 0 Å². The van der Waals surface area contributed by atoms with E-state index in [0.717, 1.165) is 30.0 Å². The lowest BCUT2D eigenvalue weighted by atomic mass is 10.2. The molecule has 1 N–H and O–H groups in total. The number of aromatic nitrogens is 2. The van der Waals surface area contributed by atoms with Gasteiger partial charge < -0.3 is 10.1 Å². The standard InChI is InChI=1S/C18H15ClF3N3O3S2/c1-28-6-5-25-16(27)15-12(4-7-29-15)24-17(25)30-9-14(26)23-13-8-10(18(20,21)22)2-3-11(13)19/h2-4,7-8H,5-6,9H2,1H3,(H,23,26). The Labute approximate surface area is 182 Å². The normalized spacial score (nSPS) is 11.8. The van der Waals surface area contributed by atoms with Crippen LogP contribution in [0.5, 0.6) is 0 Å². The number of carbonyl (C=O) groups excluding carboxylic acids is 1. The third-order valence-electron chi connectivity index (χ3n) is 3.95. The zero-order chi connectivity index (χ0) is 21.9. The second-order valence-corrected chi connectivity index (χ2v) is 8.27.